The summed E-state index contributed by atoms with van der Waals surface area (Å²) in [5.41, 5.74) is 1.07. The summed E-state index contributed by atoms with van der Waals surface area (Å²) >= 11 is 1.15. The third-order valence-corrected chi connectivity index (χ3v) is 3.87. The Labute approximate surface area is 134 Å². The predicted octanol–water partition coefficient (Wildman–Crippen LogP) is 3.37. The van der Waals surface area contributed by atoms with Gasteiger partial charge in [0.1, 0.15) is 5.01 Å². The predicted molar refractivity (Wildman–Crippen MR) is 86.4 cm³/mol. The molecule has 1 heterocycles. The Bertz CT molecular complexity index is 864. The van der Waals surface area contributed by atoms with Crippen molar-refractivity contribution in [3.8, 4) is 10.6 Å². The number of nitrogens with one attached hydrogen (secondary N) is 1. The molecule has 2 aromatic carbocycles. The van der Waals surface area contributed by atoms with Crippen molar-refractivity contribution in [3.63, 3.8) is 0 Å². The van der Waals surface area contributed by atoms with E-state index >= 15 is 0 Å². The van der Waals surface area contributed by atoms with E-state index in [1.807, 2.05) is 6.07 Å². The molecule has 0 aliphatic rings. The monoisotopic (exact) mass is 326 g/mol. The fraction of sp³-hybridized carbons (Fsp3) is 0. The maximum Gasteiger partial charge on any atom is 0.270 e. The maximum atomic E-state index is 12.0. The second-order valence-electron chi connectivity index (χ2n) is 4.54. The molecule has 1 amide bonds. The zero-order valence-electron chi connectivity index (χ0n) is 11.7. The van der Waals surface area contributed by atoms with E-state index in [0.717, 1.165) is 11.3 Å². The Morgan fingerprint density at radius 3 is 2.61 bits per heavy atom. The zero-order chi connectivity index (χ0) is 16.2. The van der Waals surface area contributed by atoms with Gasteiger partial charge in [0.05, 0.1) is 4.92 Å². The van der Waals surface area contributed by atoms with E-state index in [2.05, 4.69) is 15.5 Å². The fourth-order valence-electron chi connectivity index (χ4n) is 1.90. The van der Waals surface area contributed by atoms with Gasteiger partial charge >= 0.3 is 0 Å². The number of anilines is 1. The molecule has 0 aliphatic carbocycles. The second-order valence-corrected chi connectivity index (χ2v) is 5.52. The number of nitro groups is 1. The molecular formula is C15H10N4O3S. The van der Waals surface area contributed by atoms with Gasteiger partial charge in [-0.15, -0.1) is 10.2 Å². The number of non-ortho nitro benzene ring substituents is 1. The minimum absolute atomic E-state index is 0.0208. The lowest BCUT2D eigenvalue weighted by atomic mass is 10.2. The molecule has 0 atom stereocenters. The van der Waals surface area contributed by atoms with Crippen LogP contribution in [0.4, 0.5) is 10.8 Å². The van der Waals surface area contributed by atoms with E-state index in [4.69, 9.17) is 0 Å². The van der Waals surface area contributed by atoms with Gasteiger partial charge in [0.15, 0.2) is 0 Å². The number of hydrogen-bond donors (Lipinski definition) is 1. The van der Waals surface area contributed by atoms with E-state index < -0.39 is 4.92 Å². The number of nitrogens with zero attached hydrogens (tertiary/aromatic N) is 3. The van der Waals surface area contributed by atoms with Crippen molar-refractivity contribution < 1.29 is 9.72 Å². The molecule has 23 heavy (non-hydrogen) atoms. The molecule has 0 saturated heterocycles. The van der Waals surface area contributed by atoms with Gasteiger partial charge in [-0.2, -0.15) is 0 Å². The first-order chi connectivity index (χ1) is 11.1. The summed E-state index contributed by atoms with van der Waals surface area (Å²) in [5, 5.41) is 22.2. The van der Waals surface area contributed by atoms with Gasteiger partial charge in [-0.3, -0.25) is 20.2 Å². The Morgan fingerprint density at radius 2 is 1.87 bits per heavy atom. The third kappa shape index (κ3) is 3.38. The van der Waals surface area contributed by atoms with Crippen LogP contribution in [0.5, 0.6) is 0 Å². The molecule has 8 heteroatoms. The van der Waals surface area contributed by atoms with Crippen LogP contribution in [-0.4, -0.2) is 21.0 Å². The molecule has 0 radical (unpaired) electrons. The van der Waals surface area contributed by atoms with Crippen LogP contribution in [0.15, 0.2) is 54.6 Å². The Balaban J connectivity index is 1.80. The van der Waals surface area contributed by atoms with Gasteiger partial charge in [-0.05, 0) is 12.1 Å². The average Bonchev–Trinajstić information content (AvgIpc) is 3.04. The molecule has 0 aliphatic heterocycles. The highest BCUT2D eigenvalue weighted by Gasteiger charge is 2.13. The van der Waals surface area contributed by atoms with Crippen molar-refractivity contribution in [1.82, 2.24) is 10.2 Å². The molecule has 0 fully saturated rings. The number of benzene rings is 2. The summed E-state index contributed by atoms with van der Waals surface area (Å²) in [6, 6.07) is 14.9. The quantitative estimate of drug-likeness (QED) is 0.585. The molecule has 0 spiro atoms. The van der Waals surface area contributed by atoms with Crippen molar-refractivity contribution in [1.29, 1.82) is 0 Å². The molecule has 0 bridgehead atoms. The van der Waals surface area contributed by atoms with E-state index in [1.54, 1.807) is 36.4 Å². The normalized spacial score (nSPS) is 10.3. The summed E-state index contributed by atoms with van der Waals surface area (Å²) in [5.74, 6) is -0.285. The van der Waals surface area contributed by atoms with Crippen molar-refractivity contribution in [2.75, 3.05) is 5.32 Å². The lowest BCUT2D eigenvalue weighted by Crippen LogP contribution is -2.11. The largest absolute Gasteiger partial charge is 0.296 e. The van der Waals surface area contributed by atoms with Gasteiger partial charge in [-0.25, -0.2) is 0 Å². The minimum atomic E-state index is -0.470. The van der Waals surface area contributed by atoms with E-state index in [1.165, 1.54) is 12.1 Å². The van der Waals surface area contributed by atoms with Crippen LogP contribution in [0.25, 0.3) is 10.6 Å². The number of rotatable bonds is 4. The number of nitro benzene ring substituents is 1. The summed E-state index contributed by atoms with van der Waals surface area (Å²) < 4.78 is 0. The van der Waals surface area contributed by atoms with Crippen LogP contribution in [0, 0.1) is 10.1 Å². The third-order valence-electron chi connectivity index (χ3n) is 2.99. The second kappa shape index (κ2) is 6.32. The number of amides is 1. The number of carbonyl (C=O) groups excluding carboxylic acids is 1. The molecule has 1 N–H and O–H groups in total. The van der Waals surface area contributed by atoms with E-state index in [9.17, 15) is 14.9 Å². The van der Waals surface area contributed by atoms with Crippen LogP contribution in [-0.2, 0) is 0 Å². The van der Waals surface area contributed by atoms with Crippen LogP contribution < -0.4 is 5.32 Å². The van der Waals surface area contributed by atoms with Gasteiger partial charge in [0.2, 0.25) is 5.13 Å². The lowest BCUT2D eigenvalue weighted by molar-refractivity contribution is -0.384. The van der Waals surface area contributed by atoms with Crippen LogP contribution in [0.1, 0.15) is 10.4 Å². The topological polar surface area (TPSA) is 98.0 Å². The van der Waals surface area contributed by atoms with Crippen LogP contribution >= 0.6 is 11.3 Å². The van der Waals surface area contributed by atoms with E-state index in [0.29, 0.717) is 21.3 Å². The van der Waals surface area contributed by atoms with Crippen molar-refractivity contribution in [2.45, 2.75) is 0 Å². The van der Waals surface area contributed by atoms with Crippen LogP contribution in [0.3, 0.4) is 0 Å². The Hall–Kier alpha value is -3.13. The lowest BCUT2D eigenvalue weighted by Gasteiger charge is -1.99. The van der Waals surface area contributed by atoms with Gasteiger partial charge in [0.25, 0.3) is 11.6 Å². The first-order valence-electron chi connectivity index (χ1n) is 6.58. The van der Waals surface area contributed by atoms with Gasteiger partial charge in [-0.1, -0.05) is 41.7 Å². The summed E-state index contributed by atoms with van der Waals surface area (Å²) in [4.78, 5) is 22.4. The molecular weight excluding hydrogens is 316 g/mol. The van der Waals surface area contributed by atoms with Gasteiger partial charge in [0, 0.05) is 23.3 Å². The number of hydrogen-bond acceptors (Lipinski definition) is 6. The Morgan fingerprint density at radius 1 is 1.09 bits per heavy atom. The van der Waals surface area contributed by atoms with Crippen molar-refractivity contribution in [3.05, 3.63) is 70.3 Å². The minimum Gasteiger partial charge on any atom is -0.296 e. The fourth-order valence-corrected chi connectivity index (χ4v) is 2.64. The first-order valence-corrected chi connectivity index (χ1v) is 7.40. The van der Waals surface area contributed by atoms with Crippen molar-refractivity contribution >= 4 is 28.1 Å². The highest BCUT2D eigenvalue weighted by Crippen LogP contribution is 2.28. The van der Waals surface area contributed by atoms with Crippen LogP contribution in [0.2, 0.25) is 0 Å². The zero-order valence-corrected chi connectivity index (χ0v) is 12.5. The number of aromatic nitrogens is 2. The van der Waals surface area contributed by atoms with Crippen molar-refractivity contribution in [2.24, 2.45) is 0 Å². The molecule has 1 aromatic heterocycles. The van der Waals surface area contributed by atoms with Gasteiger partial charge < -0.3 is 0 Å². The van der Waals surface area contributed by atoms with E-state index in [-0.39, 0.29) is 11.6 Å². The highest BCUT2D eigenvalue weighted by molar-refractivity contribution is 7.18. The summed E-state index contributed by atoms with van der Waals surface area (Å²) in [6.45, 7) is 0. The molecule has 3 rings (SSSR count). The standard InChI is InChI=1S/C15H10N4O3S/c20-13(10-5-2-1-3-6-10)16-15-18-17-14(23-15)11-7-4-8-12(9-11)19(21)22/h1-9H,(H,16,18,20). The maximum absolute atomic E-state index is 12.0. The molecule has 114 valence electrons. The highest BCUT2D eigenvalue weighted by atomic mass is 32.1. The summed E-state index contributed by atoms with van der Waals surface area (Å²) in [6.07, 6.45) is 0. The number of carbonyl (C=O) groups is 1. The smallest absolute Gasteiger partial charge is 0.270 e. The molecule has 3 aromatic rings. The average molecular weight is 326 g/mol. The molecule has 0 saturated carbocycles. The Kier molecular flexibility index (Phi) is 4.07. The molecule has 7 nitrogen and oxygen atoms in total. The first kappa shape index (κ1) is 14.8. The molecule has 0 unspecified atom stereocenters. The SMILES string of the molecule is O=C(Nc1nnc(-c2cccc([N+](=O)[O-])c2)s1)c1ccccc1. The summed E-state index contributed by atoms with van der Waals surface area (Å²) in [7, 11) is 0.